The van der Waals surface area contributed by atoms with Crippen molar-refractivity contribution in [3.63, 3.8) is 0 Å². The molecule has 0 aromatic rings. The first-order valence-electron chi connectivity index (χ1n) is 4.57. The number of allylic oxidation sites excluding steroid dienone is 4. The molecule has 2 atom stereocenters. The van der Waals surface area contributed by atoms with Gasteiger partial charge in [0.15, 0.2) is 5.78 Å². The number of fused-ring (bicyclic) bond motifs is 2. The van der Waals surface area contributed by atoms with Crippen molar-refractivity contribution >= 4 is 5.78 Å². The SMILES string of the molecule is CC1=C(C)C(=O)[C@@H]2C=C[C@H](C1)C2. The maximum atomic E-state index is 11.7. The van der Waals surface area contributed by atoms with Crippen LogP contribution in [0.1, 0.15) is 26.7 Å². The number of carbonyl (C=O) groups is 1. The van der Waals surface area contributed by atoms with Crippen molar-refractivity contribution in [2.45, 2.75) is 26.7 Å². The molecular weight excluding hydrogens is 148 g/mol. The lowest BCUT2D eigenvalue weighted by Gasteiger charge is -2.06. The largest absolute Gasteiger partial charge is 0.294 e. The van der Waals surface area contributed by atoms with Gasteiger partial charge in [-0.2, -0.15) is 0 Å². The molecule has 0 saturated heterocycles. The number of rotatable bonds is 0. The zero-order chi connectivity index (χ0) is 8.72. The van der Waals surface area contributed by atoms with Gasteiger partial charge in [-0.15, -0.1) is 0 Å². The maximum Gasteiger partial charge on any atom is 0.165 e. The van der Waals surface area contributed by atoms with Gasteiger partial charge in [-0.1, -0.05) is 17.7 Å². The van der Waals surface area contributed by atoms with Crippen molar-refractivity contribution in [1.29, 1.82) is 0 Å². The van der Waals surface area contributed by atoms with Gasteiger partial charge in [0.25, 0.3) is 0 Å². The standard InChI is InChI=1S/C11H14O/c1-7-5-9-3-4-10(6-9)11(12)8(7)2/h3-4,9-10H,5-6H2,1-2H3/t9-,10-/m1/s1. The third-order valence-corrected chi connectivity index (χ3v) is 3.09. The van der Waals surface area contributed by atoms with Gasteiger partial charge in [0.05, 0.1) is 0 Å². The van der Waals surface area contributed by atoms with Crippen LogP contribution in [0.15, 0.2) is 23.3 Å². The van der Waals surface area contributed by atoms with Gasteiger partial charge in [-0.3, -0.25) is 4.79 Å². The van der Waals surface area contributed by atoms with Crippen LogP contribution < -0.4 is 0 Å². The number of Topliss-reactive ketones (excluding diaryl/α,β-unsaturated/α-hetero) is 1. The number of hydrogen-bond donors (Lipinski definition) is 0. The molecule has 0 spiro atoms. The molecule has 0 N–H and O–H groups in total. The van der Waals surface area contributed by atoms with Gasteiger partial charge in [0.2, 0.25) is 0 Å². The van der Waals surface area contributed by atoms with Gasteiger partial charge >= 0.3 is 0 Å². The summed E-state index contributed by atoms with van der Waals surface area (Å²) in [6.07, 6.45) is 6.43. The quantitative estimate of drug-likeness (QED) is 0.500. The van der Waals surface area contributed by atoms with E-state index in [1.807, 2.05) is 6.92 Å². The second-order valence-electron chi connectivity index (χ2n) is 3.96. The van der Waals surface area contributed by atoms with Crippen molar-refractivity contribution < 1.29 is 4.79 Å². The minimum atomic E-state index is 0.201. The Morgan fingerprint density at radius 3 is 2.83 bits per heavy atom. The lowest BCUT2D eigenvalue weighted by atomic mass is 9.98. The van der Waals surface area contributed by atoms with Gasteiger partial charge in [-0.05, 0) is 38.2 Å². The molecule has 64 valence electrons. The summed E-state index contributed by atoms with van der Waals surface area (Å²) in [6.45, 7) is 4.05. The molecule has 2 rings (SSSR count). The molecule has 0 aromatic carbocycles. The average Bonchev–Trinajstić information content (AvgIpc) is 2.46. The Labute approximate surface area is 73.2 Å². The summed E-state index contributed by atoms with van der Waals surface area (Å²) in [4.78, 5) is 11.7. The first-order valence-corrected chi connectivity index (χ1v) is 4.57. The Morgan fingerprint density at radius 1 is 1.33 bits per heavy atom. The second kappa shape index (κ2) is 2.58. The Morgan fingerprint density at radius 2 is 2.08 bits per heavy atom. The lowest BCUT2D eigenvalue weighted by Crippen LogP contribution is -2.10. The van der Waals surface area contributed by atoms with Crippen LogP contribution in [-0.4, -0.2) is 5.78 Å². The summed E-state index contributed by atoms with van der Waals surface area (Å²) in [6, 6.07) is 0. The number of ketones is 1. The molecule has 2 bridgehead atoms. The van der Waals surface area contributed by atoms with E-state index in [2.05, 4.69) is 19.1 Å². The summed E-state index contributed by atoms with van der Waals surface area (Å²) in [5, 5.41) is 0. The second-order valence-corrected chi connectivity index (χ2v) is 3.96. The fraction of sp³-hybridized carbons (Fsp3) is 0.545. The average molecular weight is 162 g/mol. The summed E-state index contributed by atoms with van der Waals surface area (Å²) >= 11 is 0. The molecule has 0 amide bonds. The zero-order valence-corrected chi connectivity index (χ0v) is 7.63. The van der Waals surface area contributed by atoms with Gasteiger partial charge in [-0.25, -0.2) is 0 Å². The smallest absolute Gasteiger partial charge is 0.165 e. The molecular formula is C11H14O. The van der Waals surface area contributed by atoms with Crippen molar-refractivity contribution in [1.82, 2.24) is 0 Å². The van der Waals surface area contributed by atoms with E-state index in [9.17, 15) is 4.79 Å². The van der Waals surface area contributed by atoms with Crippen LogP contribution in [0.4, 0.5) is 0 Å². The number of carbonyl (C=O) groups excluding carboxylic acids is 1. The first-order chi connectivity index (χ1) is 5.68. The monoisotopic (exact) mass is 162 g/mol. The molecule has 0 aromatic heterocycles. The van der Waals surface area contributed by atoms with E-state index in [1.165, 1.54) is 5.57 Å². The Balaban J connectivity index is 2.38. The molecule has 12 heavy (non-hydrogen) atoms. The van der Waals surface area contributed by atoms with Crippen molar-refractivity contribution in [3.8, 4) is 0 Å². The van der Waals surface area contributed by atoms with Crippen LogP contribution in [-0.2, 0) is 4.79 Å². The molecule has 0 fully saturated rings. The highest BCUT2D eigenvalue weighted by Gasteiger charge is 2.29. The summed E-state index contributed by atoms with van der Waals surface area (Å²) < 4.78 is 0. The van der Waals surface area contributed by atoms with E-state index in [1.54, 1.807) is 0 Å². The predicted molar refractivity (Wildman–Crippen MR) is 48.7 cm³/mol. The predicted octanol–water partition coefficient (Wildman–Crippen LogP) is 2.49. The first kappa shape index (κ1) is 7.78. The number of hydrogen-bond acceptors (Lipinski definition) is 1. The van der Waals surface area contributed by atoms with E-state index in [0.717, 1.165) is 18.4 Å². The Hall–Kier alpha value is -0.850. The summed E-state index contributed by atoms with van der Waals surface area (Å²) in [5.41, 5.74) is 2.30. The summed E-state index contributed by atoms with van der Waals surface area (Å²) in [7, 11) is 0. The molecule has 0 saturated carbocycles. The fourth-order valence-corrected chi connectivity index (χ4v) is 2.16. The Bertz CT molecular complexity index is 283. The topological polar surface area (TPSA) is 17.1 Å². The third kappa shape index (κ3) is 1.04. The lowest BCUT2D eigenvalue weighted by molar-refractivity contribution is -0.117. The maximum absolute atomic E-state index is 11.7. The highest BCUT2D eigenvalue weighted by Crippen LogP contribution is 2.35. The molecule has 0 unspecified atom stereocenters. The third-order valence-electron chi connectivity index (χ3n) is 3.09. The minimum absolute atomic E-state index is 0.201. The molecule has 2 aliphatic rings. The zero-order valence-electron chi connectivity index (χ0n) is 7.63. The van der Waals surface area contributed by atoms with E-state index < -0.39 is 0 Å². The van der Waals surface area contributed by atoms with Crippen molar-refractivity contribution in [3.05, 3.63) is 23.3 Å². The fourth-order valence-electron chi connectivity index (χ4n) is 2.16. The van der Waals surface area contributed by atoms with E-state index >= 15 is 0 Å². The van der Waals surface area contributed by atoms with Gasteiger partial charge in [0.1, 0.15) is 0 Å². The Kier molecular flexibility index (Phi) is 1.67. The molecule has 0 radical (unpaired) electrons. The molecule has 1 nitrogen and oxygen atoms in total. The van der Waals surface area contributed by atoms with Crippen LogP contribution in [0.5, 0.6) is 0 Å². The van der Waals surface area contributed by atoms with Gasteiger partial charge < -0.3 is 0 Å². The molecule has 1 heteroatoms. The van der Waals surface area contributed by atoms with Crippen LogP contribution in [0.3, 0.4) is 0 Å². The highest BCUT2D eigenvalue weighted by atomic mass is 16.1. The van der Waals surface area contributed by atoms with Crippen LogP contribution >= 0.6 is 0 Å². The van der Waals surface area contributed by atoms with E-state index in [-0.39, 0.29) is 5.92 Å². The molecule has 0 aliphatic heterocycles. The molecule has 2 aliphatic carbocycles. The van der Waals surface area contributed by atoms with E-state index in [4.69, 9.17) is 0 Å². The van der Waals surface area contributed by atoms with Crippen molar-refractivity contribution in [2.24, 2.45) is 11.8 Å². The van der Waals surface area contributed by atoms with Crippen LogP contribution in [0.2, 0.25) is 0 Å². The molecule has 0 heterocycles. The summed E-state index contributed by atoms with van der Waals surface area (Å²) in [5.74, 6) is 1.19. The van der Waals surface area contributed by atoms with Crippen molar-refractivity contribution in [2.75, 3.05) is 0 Å². The highest BCUT2D eigenvalue weighted by molar-refractivity contribution is 5.99. The van der Waals surface area contributed by atoms with E-state index in [0.29, 0.717) is 11.7 Å². The van der Waals surface area contributed by atoms with Crippen LogP contribution in [0.25, 0.3) is 0 Å². The minimum Gasteiger partial charge on any atom is -0.294 e. The normalized spacial score (nSPS) is 34.3. The van der Waals surface area contributed by atoms with Gasteiger partial charge in [0, 0.05) is 5.92 Å². The van der Waals surface area contributed by atoms with Crippen LogP contribution in [0, 0.1) is 11.8 Å².